The number of rotatable bonds is 7. The van der Waals surface area contributed by atoms with Crippen LogP contribution in [-0.2, 0) is 4.74 Å². The molecule has 0 bridgehead atoms. The van der Waals surface area contributed by atoms with Gasteiger partial charge in [-0.05, 0) is 37.6 Å². The Morgan fingerprint density at radius 3 is 2.56 bits per heavy atom. The SMILES string of the molecule is CCCNC(c1cc(F)ccc1F)C(CC)OC. The van der Waals surface area contributed by atoms with E-state index in [1.165, 1.54) is 6.07 Å². The summed E-state index contributed by atoms with van der Waals surface area (Å²) >= 11 is 0. The standard InChI is InChI=1S/C14H21F2NO/c1-4-8-17-14(13(5-2)18-3)11-9-10(15)6-7-12(11)16/h6-7,9,13-14,17H,4-5,8H2,1-3H3. The van der Waals surface area contributed by atoms with Gasteiger partial charge in [0, 0.05) is 12.7 Å². The van der Waals surface area contributed by atoms with E-state index in [4.69, 9.17) is 4.74 Å². The molecule has 4 heteroatoms. The molecule has 0 radical (unpaired) electrons. The van der Waals surface area contributed by atoms with Crippen LogP contribution in [0, 0.1) is 11.6 Å². The van der Waals surface area contributed by atoms with Crippen LogP contribution >= 0.6 is 0 Å². The maximum absolute atomic E-state index is 13.8. The van der Waals surface area contributed by atoms with Crippen LogP contribution in [0.15, 0.2) is 18.2 Å². The predicted octanol–water partition coefficient (Wildman–Crippen LogP) is 3.43. The van der Waals surface area contributed by atoms with Gasteiger partial charge in [-0.2, -0.15) is 0 Å². The molecule has 0 aromatic heterocycles. The van der Waals surface area contributed by atoms with Crippen molar-refractivity contribution in [3.8, 4) is 0 Å². The maximum atomic E-state index is 13.8. The van der Waals surface area contributed by atoms with Crippen molar-refractivity contribution in [2.24, 2.45) is 0 Å². The molecule has 2 nitrogen and oxygen atoms in total. The number of methoxy groups -OCH3 is 1. The van der Waals surface area contributed by atoms with Gasteiger partial charge in [0.15, 0.2) is 0 Å². The fraction of sp³-hybridized carbons (Fsp3) is 0.571. The number of ether oxygens (including phenoxy) is 1. The first-order chi connectivity index (χ1) is 8.63. The van der Waals surface area contributed by atoms with Gasteiger partial charge in [-0.1, -0.05) is 13.8 Å². The molecular formula is C14H21F2NO. The molecule has 0 aliphatic rings. The summed E-state index contributed by atoms with van der Waals surface area (Å²) in [7, 11) is 1.59. The normalized spacial score (nSPS) is 14.5. The van der Waals surface area contributed by atoms with Crippen LogP contribution in [0.3, 0.4) is 0 Å². The Morgan fingerprint density at radius 1 is 1.28 bits per heavy atom. The largest absolute Gasteiger partial charge is 0.379 e. The Morgan fingerprint density at radius 2 is 2.00 bits per heavy atom. The fourth-order valence-corrected chi connectivity index (χ4v) is 2.03. The lowest BCUT2D eigenvalue weighted by Crippen LogP contribution is -2.34. The number of nitrogens with one attached hydrogen (secondary N) is 1. The molecule has 2 unspecified atom stereocenters. The number of hydrogen-bond donors (Lipinski definition) is 1. The molecule has 2 atom stereocenters. The highest BCUT2D eigenvalue weighted by atomic mass is 19.1. The minimum atomic E-state index is -0.430. The molecular weight excluding hydrogens is 236 g/mol. The Kier molecular flexibility index (Phi) is 6.22. The molecule has 0 fully saturated rings. The summed E-state index contributed by atoms with van der Waals surface area (Å²) in [5, 5.41) is 3.22. The molecule has 0 heterocycles. The third-order valence-corrected chi connectivity index (χ3v) is 2.98. The molecule has 0 amide bonds. The van der Waals surface area contributed by atoms with Crippen LogP contribution < -0.4 is 5.32 Å². The van der Waals surface area contributed by atoms with Crippen molar-refractivity contribution in [2.75, 3.05) is 13.7 Å². The van der Waals surface area contributed by atoms with E-state index in [9.17, 15) is 8.78 Å². The van der Waals surface area contributed by atoms with Crippen LogP contribution in [0.25, 0.3) is 0 Å². The van der Waals surface area contributed by atoms with Gasteiger partial charge in [-0.15, -0.1) is 0 Å². The summed E-state index contributed by atoms with van der Waals surface area (Å²) in [5.74, 6) is -0.832. The monoisotopic (exact) mass is 257 g/mol. The molecule has 0 aliphatic carbocycles. The van der Waals surface area contributed by atoms with E-state index in [2.05, 4.69) is 5.32 Å². The Balaban J connectivity index is 3.03. The minimum absolute atomic E-state index is 0.173. The Labute approximate surface area is 107 Å². The molecule has 0 saturated carbocycles. The lowest BCUT2D eigenvalue weighted by atomic mass is 9.98. The Bertz CT molecular complexity index is 367. The van der Waals surface area contributed by atoms with Gasteiger partial charge in [-0.25, -0.2) is 8.78 Å². The van der Waals surface area contributed by atoms with Crippen LogP contribution in [0.4, 0.5) is 8.78 Å². The lowest BCUT2D eigenvalue weighted by Gasteiger charge is -2.27. The predicted molar refractivity (Wildman–Crippen MR) is 68.5 cm³/mol. The Hall–Kier alpha value is -1.00. The highest BCUT2D eigenvalue weighted by molar-refractivity contribution is 5.23. The molecule has 1 aromatic carbocycles. The zero-order valence-corrected chi connectivity index (χ0v) is 11.2. The van der Waals surface area contributed by atoms with Crippen molar-refractivity contribution in [3.05, 3.63) is 35.4 Å². The molecule has 0 aliphatic heterocycles. The van der Waals surface area contributed by atoms with E-state index in [0.29, 0.717) is 5.56 Å². The molecule has 1 rings (SSSR count). The molecule has 1 aromatic rings. The summed E-state index contributed by atoms with van der Waals surface area (Å²) in [6.45, 7) is 4.73. The molecule has 18 heavy (non-hydrogen) atoms. The minimum Gasteiger partial charge on any atom is -0.379 e. The summed E-state index contributed by atoms with van der Waals surface area (Å²) in [6, 6.07) is 3.21. The molecule has 0 saturated heterocycles. The highest BCUT2D eigenvalue weighted by Gasteiger charge is 2.24. The van der Waals surface area contributed by atoms with Crippen molar-refractivity contribution >= 4 is 0 Å². The van der Waals surface area contributed by atoms with Crippen LogP contribution in [-0.4, -0.2) is 19.8 Å². The average molecular weight is 257 g/mol. The van der Waals surface area contributed by atoms with Crippen molar-refractivity contribution in [1.82, 2.24) is 5.32 Å². The smallest absolute Gasteiger partial charge is 0.128 e. The van der Waals surface area contributed by atoms with Crippen molar-refractivity contribution in [1.29, 1.82) is 0 Å². The second kappa shape index (κ2) is 7.44. The third-order valence-electron chi connectivity index (χ3n) is 2.98. The first-order valence-corrected chi connectivity index (χ1v) is 6.35. The van der Waals surface area contributed by atoms with Gasteiger partial charge in [0.1, 0.15) is 11.6 Å². The lowest BCUT2D eigenvalue weighted by molar-refractivity contribution is 0.0638. The van der Waals surface area contributed by atoms with Crippen molar-refractivity contribution < 1.29 is 13.5 Å². The summed E-state index contributed by atoms with van der Waals surface area (Å²) in [5.41, 5.74) is 0.331. The van der Waals surface area contributed by atoms with Gasteiger partial charge in [0.2, 0.25) is 0 Å². The van der Waals surface area contributed by atoms with Gasteiger partial charge in [-0.3, -0.25) is 0 Å². The van der Waals surface area contributed by atoms with Crippen molar-refractivity contribution in [2.45, 2.75) is 38.8 Å². The van der Waals surface area contributed by atoms with E-state index in [1.54, 1.807) is 7.11 Å². The van der Waals surface area contributed by atoms with Gasteiger partial charge < -0.3 is 10.1 Å². The summed E-state index contributed by atoms with van der Waals surface area (Å²) in [4.78, 5) is 0. The van der Waals surface area contributed by atoms with Crippen LogP contribution in [0.5, 0.6) is 0 Å². The van der Waals surface area contributed by atoms with Crippen molar-refractivity contribution in [3.63, 3.8) is 0 Å². The summed E-state index contributed by atoms with van der Waals surface area (Å²) in [6.07, 6.45) is 1.48. The van der Waals surface area contributed by atoms with Gasteiger partial charge in [0.05, 0.1) is 12.1 Å². The highest BCUT2D eigenvalue weighted by Crippen LogP contribution is 2.24. The topological polar surface area (TPSA) is 21.3 Å². The van der Waals surface area contributed by atoms with E-state index in [0.717, 1.165) is 31.5 Å². The fourth-order valence-electron chi connectivity index (χ4n) is 2.03. The molecule has 1 N–H and O–H groups in total. The van der Waals surface area contributed by atoms with E-state index < -0.39 is 11.6 Å². The van der Waals surface area contributed by atoms with Crippen LogP contribution in [0.2, 0.25) is 0 Å². The first kappa shape index (κ1) is 15.1. The molecule has 102 valence electrons. The van der Waals surface area contributed by atoms with E-state index in [1.807, 2.05) is 13.8 Å². The first-order valence-electron chi connectivity index (χ1n) is 6.35. The quantitative estimate of drug-likeness (QED) is 0.808. The summed E-state index contributed by atoms with van der Waals surface area (Å²) < 4.78 is 32.4. The maximum Gasteiger partial charge on any atom is 0.128 e. The van der Waals surface area contributed by atoms with Crippen LogP contribution in [0.1, 0.15) is 38.3 Å². The number of benzene rings is 1. The van der Waals surface area contributed by atoms with Gasteiger partial charge >= 0.3 is 0 Å². The van der Waals surface area contributed by atoms with Gasteiger partial charge in [0.25, 0.3) is 0 Å². The average Bonchev–Trinajstić information content (AvgIpc) is 2.38. The zero-order valence-electron chi connectivity index (χ0n) is 11.2. The number of halogens is 2. The molecule has 0 spiro atoms. The second-order valence-corrected chi connectivity index (χ2v) is 4.28. The third kappa shape index (κ3) is 3.75. The van der Waals surface area contributed by atoms with E-state index in [-0.39, 0.29) is 12.1 Å². The second-order valence-electron chi connectivity index (χ2n) is 4.28. The number of hydrogen-bond acceptors (Lipinski definition) is 2. The van der Waals surface area contributed by atoms with E-state index >= 15 is 0 Å². The zero-order chi connectivity index (χ0) is 13.5.